The number of Topliss-reactive ketones (excluding diaryl/α,β-unsaturated/α-hetero) is 1. The number of rotatable bonds is 0. The third-order valence-electron chi connectivity index (χ3n) is 4.94. The monoisotopic (exact) mass is 474 g/mol. The number of benzene rings is 3. The quantitative estimate of drug-likeness (QED) is 0.313. The molecular weight excluding hydrogens is 467 g/mol. The Labute approximate surface area is 176 Å². The van der Waals surface area contributed by atoms with Crippen LogP contribution in [0.25, 0.3) is 26.5 Å². The summed E-state index contributed by atoms with van der Waals surface area (Å²) in [5, 5.41) is 4.52. The van der Waals surface area contributed by atoms with E-state index < -0.39 is 0 Å². The molecule has 0 unspecified atom stereocenters. The van der Waals surface area contributed by atoms with Gasteiger partial charge >= 0.3 is 0 Å². The fourth-order valence-corrected chi connectivity index (χ4v) is 6.33. The van der Waals surface area contributed by atoms with Crippen molar-refractivity contribution in [1.82, 2.24) is 0 Å². The van der Waals surface area contributed by atoms with Crippen molar-refractivity contribution in [2.75, 3.05) is 0 Å². The van der Waals surface area contributed by atoms with E-state index in [-0.39, 0.29) is 11.2 Å². The summed E-state index contributed by atoms with van der Waals surface area (Å²) < 4.78 is 0.823. The Balaban J connectivity index is 1.97. The van der Waals surface area contributed by atoms with Crippen molar-refractivity contribution in [3.8, 4) is 0 Å². The first-order chi connectivity index (χ1) is 12.9. The number of hydrogen-bond acceptors (Lipinski definition) is 3. The van der Waals surface area contributed by atoms with E-state index in [0.717, 1.165) is 31.1 Å². The minimum atomic E-state index is -0.142. The molecule has 0 bridgehead atoms. The molecule has 5 rings (SSSR count). The van der Waals surface area contributed by atoms with Gasteiger partial charge in [0.05, 0.1) is 4.91 Å². The molecule has 0 aromatic heterocycles. The predicted octanol–water partition coefficient (Wildman–Crippen LogP) is 5.98. The summed E-state index contributed by atoms with van der Waals surface area (Å²) in [6.45, 7) is 1.86. The molecule has 0 spiro atoms. The van der Waals surface area contributed by atoms with Crippen molar-refractivity contribution in [3.05, 3.63) is 77.5 Å². The van der Waals surface area contributed by atoms with Crippen LogP contribution in [0.4, 0.5) is 0 Å². The van der Waals surface area contributed by atoms with E-state index in [1.165, 1.54) is 11.8 Å². The third-order valence-corrected chi connectivity index (χ3v) is 7.27. The second kappa shape index (κ2) is 5.95. The van der Waals surface area contributed by atoms with E-state index in [1.54, 1.807) is 24.3 Å². The molecule has 4 aromatic rings. The molecular formula is C21H9BrCl2O2S. The van der Waals surface area contributed by atoms with E-state index in [1.807, 2.05) is 19.1 Å². The second-order valence-corrected chi connectivity index (χ2v) is 9.25. The highest BCUT2D eigenvalue weighted by atomic mass is 79.9. The molecule has 4 aromatic carbocycles. The van der Waals surface area contributed by atoms with Gasteiger partial charge in [0.2, 0.25) is 5.78 Å². The van der Waals surface area contributed by atoms with E-state index >= 15 is 0 Å². The molecule has 1 heterocycles. The maximum Gasteiger partial charge on any atom is 0.201 e. The molecule has 1 aliphatic rings. The van der Waals surface area contributed by atoms with E-state index in [9.17, 15) is 9.59 Å². The molecule has 0 radical (unpaired) electrons. The number of thioether (sulfide) groups is 1. The van der Waals surface area contributed by atoms with Gasteiger partial charge in [-0.2, -0.15) is 0 Å². The van der Waals surface area contributed by atoms with E-state index in [2.05, 4.69) is 15.9 Å². The summed E-state index contributed by atoms with van der Waals surface area (Å²) in [6, 6.07) is 10.7. The zero-order valence-corrected chi connectivity index (χ0v) is 17.7. The van der Waals surface area contributed by atoms with Gasteiger partial charge in [0.15, 0.2) is 5.43 Å². The lowest BCUT2D eigenvalue weighted by molar-refractivity contribution is 0.105. The highest BCUT2D eigenvalue weighted by Gasteiger charge is 2.31. The van der Waals surface area contributed by atoms with Crippen LogP contribution >= 0.6 is 50.9 Å². The number of halogens is 3. The highest BCUT2D eigenvalue weighted by Crippen LogP contribution is 2.44. The minimum absolute atomic E-state index is 0.123. The fourth-order valence-electron chi connectivity index (χ4n) is 3.81. The maximum atomic E-state index is 13.2. The van der Waals surface area contributed by atoms with Crippen LogP contribution in [0, 0.1) is 6.92 Å². The molecule has 0 amide bonds. The van der Waals surface area contributed by atoms with Gasteiger partial charge < -0.3 is 0 Å². The first kappa shape index (κ1) is 17.5. The first-order valence-corrected chi connectivity index (χ1v) is 10.5. The molecule has 0 aliphatic carbocycles. The summed E-state index contributed by atoms with van der Waals surface area (Å²) in [5.74, 6) is -0.123. The number of carbonyl (C=O) groups is 1. The standard InChI is InChI=1S/C21H9BrCl2O2S/c1-8-6-9(23)7-14-15(8)20(26)21(27-14)17-10-2-4-12(22)18-13(24)5-3-11(16(10)18)19(17)25/h2-7H,1H3/b21-17+. The van der Waals surface area contributed by atoms with Crippen molar-refractivity contribution in [1.29, 1.82) is 0 Å². The van der Waals surface area contributed by atoms with Crippen LogP contribution in [0.3, 0.4) is 0 Å². The summed E-state index contributed by atoms with van der Waals surface area (Å²) in [5.41, 5.74) is 1.30. The van der Waals surface area contributed by atoms with Gasteiger partial charge in [-0.15, -0.1) is 0 Å². The van der Waals surface area contributed by atoms with Crippen LogP contribution in [0.5, 0.6) is 0 Å². The second-order valence-electron chi connectivity index (χ2n) is 6.50. The predicted molar refractivity (Wildman–Crippen MR) is 117 cm³/mol. The topological polar surface area (TPSA) is 34.1 Å². The van der Waals surface area contributed by atoms with Crippen molar-refractivity contribution in [2.45, 2.75) is 11.8 Å². The lowest BCUT2D eigenvalue weighted by Gasteiger charge is -2.03. The van der Waals surface area contributed by atoms with Crippen LogP contribution in [-0.4, -0.2) is 5.78 Å². The van der Waals surface area contributed by atoms with Crippen molar-refractivity contribution in [2.24, 2.45) is 0 Å². The van der Waals surface area contributed by atoms with Gasteiger partial charge in [0.25, 0.3) is 0 Å². The van der Waals surface area contributed by atoms with Crippen molar-refractivity contribution >= 4 is 83.1 Å². The zero-order chi connectivity index (χ0) is 19.0. The van der Waals surface area contributed by atoms with Crippen LogP contribution < -0.4 is 10.6 Å². The van der Waals surface area contributed by atoms with E-state index in [4.69, 9.17) is 23.2 Å². The Hall–Kier alpha value is -1.59. The average molecular weight is 476 g/mol. The largest absolute Gasteiger partial charge is 0.289 e. The molecule has 0 saturated heterocycles. The fraction of sp³-hybridized carbons (Fsp3) is 0.0476. The SMILES string of the molecule is Cc1cc(Cl)cc2c1C(=O)/C(=c1\c(=O)c3ccc(Cl)c4c(Br)ccc1c43)S2. The highest BCUT2D eigenvalue weighted by molar-refractivity contribution is 9.10. The lowest BCUT2D eigenvalue weighted by atomic mass is 10.0. The van der Waals surface area contributed by atoms with Crippen LogP contribution in [0.15, 0.2) is 50.6 Å². The number of fused-ring (bicyclic) bond motifs is 1. The molecule has 0 fully saturated rings. The molecule has 1 aliphatic heterocycles. The summed E-state index contributed by atoms with van der Waals surface area (Å²) in [4.78, 5) is 27.6. The number of ketones is 1. The Kier molecular flexibility index (Phi) is 3.86. The van der Waals surface area contributed by atoms with Gasteiger partial charge in [-0.1, -0.05) is 57.0 Å². The van der Waals surface area contributed by atoms with Gasteiger partial charge in [-0.3, -0.25) is 9.59 Å². The third kappa shape index (κ3) is 2.34. The lowest BCUT2D eigenvalue weighted by Crippen LogP contribution is -2.23. The van der Waals surface area contributed by atoms with Crippen molar-refractivity contribution < 1.29 is 4.79 Å². The average Bonchev–Trinajstić information content (AvgIpc) is 3.07. The number of carbonyl (C=O) groups excluding carboxylic acids is 1. The molecule has 0 N–H and O–H groups in total. The minimum Gasteiger partial charge on any atom is -0.289 e. The molecule has 0 saturated carbocycles. The van der Waals surface area contributed by atoms with Gasteiger partial charge in [-0.25, -0.2) is 0 Å². The summed E-state index contributed by atoms with van der Waals surface area (Å²) in [6.07, 6.45) is 0. The normalized spacial score (nSPS) is 15.9. The van der Waals surface area contributed by atoms with Gasteiger partial charge in [-0.05, 0) is 48.2 Å². The van der Waals surface area contributed by atoms with Crippen LogP contribution in [0.2, 0.25) is 10.0 Å². The summed E-state index contributed by atoms with van der Waals surface area (Å²) >= 11 is 17.4. The Morgan fingerprint density at radius 1 is 0.963 bits per heavy atom. The number of hydrogen-bond donors (Lipinski definition) is 0. The molecule has 27 heavy (non-hydrogen) atoms. The van der Waals surface area contributed by atoms with Crippen molar-refractivity contribution in [3.63, 3.8) is 0 Å². The van der Waals surface area contributed by atoms with Crippen LogP contribution in [0.1, 0.15) is 15.9 Å². The van der Waals surface area contributed by atoms with Crippen LogP contribution in [-0.2, 0) is 0 Å². The Bertz CT molecular complexity index is 1420. The molecule has 0 atom stereocenters. The molecule has 2 nitrogen and oxygen atoms in total. The smallest absolute Gasteiger partial charge is 0.201 e. The summed E-state index contributed by atoms with van der Waals surface area (Å²) in [7, 11) is 0. The Morgan fingerprint density at radius 3 is 2.48 bits per heavy atom. The maximum absolute atomic E-state index is 13.2. The van der Waals surface area contributed by atoms with Gasteiger partial charge in [0.1, 0.15) is 0 Å². The first-order valence-electron chi connectivity index (χ1n) is 8.11. The molecule has 6 heteroatoms. The number of aryl methyl sites for hydroxylation is 1. The van der Waals surface area contributed by atoms with E-state index in [0.29, 0.717) is 31.1 Å². The zero-order valence-electron chi connectivity index (χ0n) is 13.8. The van der Waals surface area contributed by atoms with Gasteiger partial charge in [0, 0.05) is 46.4 Å². The molecule has 132 valence electrons. The Morgan fingerprint density at radius 2 is 1.70 bits per heavy atom.